The molecule has 1 rings (SSSR count). The maximum atomic E-state index is 9.66. The fraction of sp³-hybridized carbons (Fsp3) is 0.867. The van der Waals surface area contributed by atoms with Gasteiger partial charge in [-0.25, -0.2) is 0 Å². The summed E-state index contributed by atoms with van der Waals surface area (Å²) in [7, 11) is 0. The molecule has 0 amide bonds. The minimum Gasteiger partial charge on any atom is -0.396 e. The molecule has 0 saturated heterocycles. The van der Waals surface area contributed by atoms with E-state index in [4.69, 9.17) is 2.74 Å². The van der Waals surface area contributed by atoms with Crippen LogP contribution in [-0.2, 0) is 0 Å². The summed E-state index contributed by atoms with van der Waals surface area (Å²) < 4.78 is 15.2. The lowest BCUT2D eigenvalue weighted by Gasteiger charge is -2.09. The summed E-state index contributed by atoms with van der Waals surface area (Å²) in [6.45, 7) is 4.41. The molecule has 94 valence electrons. The van der Waals surface area contributed by atoms with Crippen LogP contribution >= 0.6 is 0 Å². The summed E-state index contributed by atoms with van der Waals surface area (Å²) in [5.41, 5.74) is -0.0447. The van der Waals surface area contributed by atoms with E-state index in [2.05, 4.69) is 32.9 Å². The summed E-state index contributed by atoms with van der Waals surface area (Å²) in [5, 5.41) is 9.66. The Balaban J connectivity index is 2.61. The summed E-state index contributed by atoms with van der Waals surface area (Å²) in [6.07, 6.45) is 11.0. The van der Waals surface area contributed by atoms with Crippen LogP contribution in [0.25, 0.3) is 0 Å². The Labute approximate surface area is 104 Å². The minimum atomic E-state index is -2.04. The largest absolute Gasteiger partial charge is 0.396 e. The molecule has 1 nitrogen and oxygen atoms in total. The van der Waals surface area contributed by atoms with Crippen LogP contribution in [0.4, 0.5) is 0 Å². The van der Waals surface area contributed by atoms with Crippen molar-refractivity contribution in [3.05, 3.63) is 12.2 Å². The summed E-state index contributed by atoms with van der Waals surface area (Å²) >= 11 is 0. The first kappa shape index (κ1) is 10.8. The lowest BCUT2D eigenvalue weighted by molar-refractivity contribution is 0.248. The molecule has 0 radical (unpaired) electrons. The molecular formula is C15H28O. The van der Waals surface area contributed by atoms with E-state index in [1.807, 2.05) is 0 Å². The van der Waals surface area contributed by atoms with Crippen LogP contribution in [0.15, 0.2) is 12.2 Å². The summed E-state index contributed by atoms with van der Waals surface area (Å²) in [4.78, 5) is 0. The Morgan fingerprint density at radius 1 is 1.31 bits per heavy atom. The normalized spacial score (nSPS) is 36.2. The van der Waals surface area contributed by atoms with Crippen LogP contribution in [0.3, 0.4) is 0 Å². The van der Waals surface area contributed by atoms with Gasteiger partial charge in [-0.15, -0.1) is 0 Å². The molecule has 1 saturated carbocycles. The van der Waals surface area contributed by atoms with Gasteiger partial charge in [0.2, 0.25) is 0 Å². The SMILES string of the molecule is [2H]C([2H])(O)[C@H]1[C@@H](/C=C\CCCC)[C@]1(C)CCCC. The van der Waals surface area contributed by atoms with Gasteiger partial charge in [-0.3, -0.25) is 0 Å². The van der Waals surface area contributed by atoms with Gasteiger partial charge in [0, 0.05) is 6.56 Å². The van der Waals surface area contributed by atoms with Crippen molar-refractivity contribution in [1.29, 1.82) is 0 Å². The molecule has 0 aliphatic heterocycles. The second-order valence-electron chi connectivity index (χ2n) is 5.31. The van der Waals surface area contributed by atoms with Crippen molar-refractivity contribution in [1.82, 2.24) is 0 Å². The predicted octanol–water partition coefficient (Wildman–Crippen LogP) is 4.17. The van der Waals surface area contributed by atoms with Crippen molar-refractivity contribution < 1.29 is 7.85 Å². The monoisotopic (exact) mass is 226 g/mol. The second-order valence-corrected chi connectivity index (χ2v) is 5.31. The molecule has 0 aromatic heterocycles. The van der Waals surface area contributed by atoms with Crippen LogP contribution in [0.1, 0.15) is 62.0 Å². The number of hydrogen-bond acceptors (Lipinski definition) is 1. The minimum absolute atomic E-state index is 0.0447. The van der Waals surface area contributed by atoms with Crippen LogP contribution in [0.2, 0.25) is 0 Å². The molecule has 0 unspecified atom stereocenters. The highest BCUT2D eigenvalue weighted by atomic mass is 16.3. The first-order valence-electron chi connectivity index (χ1n) is 7.77. The molecule has 0 heterocycles. The van der Waals surface area contributed by atoms with E-state index in [9.17, 15) is 5.11 Å². The van der Waals surface area contributed by atoms with E-state index >= 15 is 0 Å². The van der Waals surface area contributed by atoms with Crippen LogP contribution in [0.5, 0.6) is 0 Å². The Morgan fingerprint density at radius 3 is 2.56 bits per heavy atom. The fourth-order valence-corrected chi connectivity index (χ4v) is 2.60. The molecule has 0 aromatic carbocycles. The second kappa shape index (κ2) is 6.44. The highest BCUT2D eigenvalue weighted by molar-refractivity contribution is 5.15. The van der Waals surface area contributed by atoms with Crippen molar-refractivity contribution in [3.8, 4) is 0 Å². The van der Waals surface area contributed by atoms with E-state index in [1.165, 1.54) is 12.8 Å². The zero-order chi connectivity index (χ0) is 13.8. The molecule has 0 aromatic rings. The average Bonchev–Trinajstić information content (AvgIpc) is 2.88. The molecule has 0 spiro atoms. The van der Waals surface area contributed by atoms with Crippen molar-refractivity contribution in [2.24, 2.45) is 17.3 Å². The standard InChI is InChI=1S/C15H28O/c1-4-6-8-9-10-13-14(12-16)15(13,3)11-7-5-2/h9-10,13-14,16H,4-8,11-12H2,1-3H3/b10-9-/t13-,14+,15+/m1/s1/i12D2. The lowest BCUT2D eigenvalue weighted by atomic mass is 9.97. The van der Waals surface area contributed by atoms with Gasteiger partial charge < -0.3 is 5.11 Å². The number of rotatable bonds is 8. The third-order valence-electron chi connectivity index (χ3n) is 4.00. The van der Waals surface area contributed by atoms with Crippen LogP contribution < -0.4 is 0 Å². The topological polar surface area (TPSA) is 20.2 Å². The lowest BCUT2D eigenvalue weighted by Crippen LogP contribution is -2.01. The quantitative estimate of drug-likeness (QED) is 0.486. The highest BCUT2D eigenvalue weighted by Crippen LogP contribution is 2.61. The van der Waals surface area contributed by atoms with E-state index in [0.29, 0.717) is 0 Å². The van der Waals surface area contributed by atoms with Crippen molar-refractivity contribution >= 4 is 0 Å². The van der Waals surface area contributed by atoms with Crippen molar-refractivity contribution in [3.63, 3.8) is 0 Å². The van der Waals surface area contributed by atoms with E-state index in [-0.39, 0.29) is 17.3 Å². The Bertz CT molecular complexity index is 283. The van der Waals surface area contributed by atoms with E-state index in [0.717, 1.165) is 25.7 Å². The van der Waals surface area contributed by atoms with Crippen molar-refractivity contribution in [2.45, 2.75) is 59.3 Å². The van der Waals surface area contributed by atoms with Gasteiger partial charge in [-0.05, 0) is 30.1 Å². The summed E-state index contributed by atoms with van der Waals surface area (Å²) in [6, 6.07) is 0. The Morgan fingerprint density at radius 2 is 2.00 bits per heavy atom. The van der Waals surface area contributed by atoms with Gasteiger partial charge in [-0.2, -0.15) is 0 Å². The number of unbranched alkanes of at least 4 members (excludes halogenated alkanes) is 3. The van der Waals surface area contributed by atoms with Gasteiger partial charge in [0.1, 0.15) is 0 Å². The number of allylic oxidation sites excluding steroid dienone is 2. The fourth-order valence-electron chi connectivity index (χ4n) is 2.60. The molecule has 1 aliphatic carbocycles. The number of hydrogen-bond donors (Lipinski definition) is 1. The van der Waals surface area contributed by atoms with Gasteiger partial charge in [0.05, 0.1) is 2.74 Å². The molecule has 3 atom stereocenters. The molecule has 16 heavy (non-hydrogen) atoms. The highest BCUT2D eigenvalue weighted by Gasteiger charge is 2.57. The Kier molecular flexibility index (Phi) is 4.36. The average molecular weight is 226 g/mol. The maximum Gasteiger partial charge on any atom is 0.0567 e. The maximum absolute atomic E-state index is 9.66. The molecule has 1 N–H and O–H groups in total. The predicted molar refractivity (Wildman–Crippen MR) is 70.4 cm³/mol. The summed E-state index contributed by atoms with van der Waals surface area (Å²) in [5.74, 6) is -0.0182. The molecule has 0 bridgehead atoms. The number of aliphatic hydroxyl groups is 1. The first-order chi connectivity index (χ1) is 8.38. The van der Waals surface area contributed by atoms with Crippen LogP contribution in [-0.4, -0.2) is 11.7 Å². The Hall–Kier alpha value is -0.300. The third-order valence-corrected chi connectivity index (χ3v) is 4.00. The van der Waals surface area contributed by atoms with Crippen LogP contribution in [0, 0.1) is 17.3 Å². The van der Waals surface area contributed by atoms with Gasteiger partial charge in [-0.1, -0.05) is 58.6 Å². The van der Waals surface area contributed by atoms with E-state index in [1.54, 1.807) is 0 Å². The molecular weight excluding hydrogens is 196 g/mol. The molecule has 1 fully saturated rings. The van der Waals surface area contributed by atoms with Gasteiger partial charge in [0.15, 0.2) is 0 Å². The first-order valence-corrected chi connectivity index (χ1v) is 6.77. The smallest absolute Gasteiger partial charge is 0.0567 e. The van der Waals surface area contributed by atoms with Crippen molar-refractivity contribution in [2.75, 3.05) is 6.56 Å². The van der Waals surface area contributed by atoms with Gasteiger partial charge in [0.25, 0.3) is 0 Å². The molecule has 1 heteroatoms. The van der Waals surface area contributed by atoms with Gasteiger partial charge >= 0.3 is 0 Å². The zero-order valence-electron chi connectivity index (χ0n) is 13.0. The van der Waals surface area contributed by atoms with E-state index < -0.39 is 6.56 Å². The molecule has 1 aliphatic rings. The third kappa shape index (κ3) is 3.10. The zero-order valence-corrected chi connectivity index (χ0v) is 11.0.